The van der Waals surface area contributed by atoms with E-state index in [9.17, 15) is 5.26 Å². The lowest BCUT2D eigenvalue weighted by Crippen LogP contribution is -2.40. The van der Waals surface area contributed by atoms with E-state index in [4.69, 9.17) is 0 Å². The van der Waals surface area contributed by atoms with Crippen LogP contribution in [0, 0.1) is 23.2 Å². The second-order valence-electron chi connectivity index (χ2n) is 7.08. The van der Waals surface area contributed by atoms with Gasteiger partial charge in [0, 0.05) is 13.1 Å². The second-order valence-corrected chi connectivity index (χ2v) is 7.08. The van der Waals surface area contributed by atoms with Crippen LogP contribution in [-0.4, -0.2) is 36.6 Å². The Balaban J connectivity index is 1.62. The molecular weight excluding hydrogens is 246 g/mol. The Morgan fingerprint density at radius 3 is 2.20 bits per heavy atom. The molecular formula is C17H31N3. The minimum atomic E-state index is -0.327. The summed E-state index contributed by atoms with van der Waals surface area (Å²) in [6.45, 7) is 8.88. The van der Waals surface area contributed by atoms with Gasteiger partial charge in [0.1, 0.15) is 5.54 Å². The molecule has 0 aromatic carbocycles. The van der Waals surface area contributed by atoms with Gasteiger partial charge in [-0.25, -0.2) is 0 Å². The molecule has 2 rings (SSSR count). The van der Waals surface area contributed by atoms with Crippen molar-refractivity contribution in [1.82, 2.24) is 10.2 Å². The molecule has 2 aliphatic rings. The molecule has 3 heteroatoms. The number of rotatable bonds is 11. The van der Waals surface area contributed by atoms with Crippen molar-refractivity contribution in [2.24, 2.45) is 11.8 Å². The maximum absolute atomic E-state index is 9.26. The van der Waals surface area contributed by atoms with E-state index in [0.29, 0.717) is 0 Å². The van der Waals surface area contributed by atoms with Gasteiger partial charge in [-0.15, -0.1) is 0 Å². The molecule has 2 fully saturated rings. The second kappa shape index (κ2) is 7.43. The highest BCUT2D eigenvalue weighted by Gasteiger charge is 2.29. The lowest BCUT2D eigenvalue weighted by atomic mass is 9.96. The molecule has 0 aromatic heterocycles. The summed E-state index contributed by atoms with van der Waals surface area (Å²) in [4.78, 5) is 2.70. The maximum Gasteiger partial charge on any atom is 0.103 e. The molecule has 2 aliphatic carbocycles. The van der Waals surface area contributed by atoms with Crippen molar-refractivity contribution in [3.8, 4) is 6.07 Å². The number of hydrogen-bond donors (Lipinski definition) is 1. The third-order valence-electron chi connectivity index (χ3n) is 4.64. The minimum Gasteiger partial charge on any atom is -0.303 e. The number of nitriles is 1. The largest absolute Gasteiger partial charge is 0.303 e. The topological polar surface area (TPSA) is 39.1 Å². The average molecular weight is 277 g/mol. The molecule has 0 radical (unpaired) electrons. The zero-order valence-electron chi connectivity index (χ0n) is 13.3. The Bertz CT molecular complexity index is 314. The highest BCUT2D eigenvalue weighted by molar-refractivity contribution is 5.03. The van der Waals surface area contributed by atoms with Gasteiger partial charge in [0.15, 0.2) is 0 Å². The van der Waals surface area contributed by atoms with Gasteiger partial charge in [0.2, 0.25) is 0 Å². The number of nitrogens with one attached hydrogen (secondary N) is 1. The van der Waals surface area contributed by atoms with Crippen molar-refractivity contribution in [3.05, 3.63) is 0 Å². The first-order valence-electron chi connectivity index (χ1n) is 8.54. The van der Waals surface area contributed by atoms with E-state index in [1.54, 1.807) is 0 Å². The van der Waals surface area contributed by atoms with Crippen LogP contribution in [-0.2, 0) is 0 Å². The van der Waals surface area contributed by atoms with E-state index >= 15 is 0 Å². The Labute approximate surface area is 124 Å². The summed E-state index contributed by atoms with van der Waals surface area (Å²) < 4.78 is 0. The van der Waals surface area contributed by atoms with Gasteiger partial charge in [-0.3, -0.25) is 5.32 Å². The summed E-state index contributed by atoms with van der Waals surface area (Å²) in [6.07, 6.45) is 9.17. The highest BCUT2D eigenvalue weighted by atomic mass is 15.1. The zero-order valence-corrected chi connectivity index (χ0v) is 13.3. The molecule has 0 spiro atoms. The fourth-order valence-electron chi connectivity index (χ4n) is 2.98. The molecule has 2 saturated carbocycles. The average Bonchev–Trinajstić information content (AvgIpc) is 3.31. The first-order valence-corrected chi connectivity index (χ1v) is 8.54. The van der Waals surface area contributed by atoms with E-state index in [0.717, 1.165) is 31.2 Å². The molecule has 1 unspecified atom stereocenters. The lowest BCUT2D eigenvalue weighted by Gasteiger charge is -2.25. The van der Waals surface area contributed by atoms with Crippen LogP contribution in [0.1, 0.15) is 58.8 Å². The summed E-state index contributed by atoms with van der Waals surface area (Å²) in [5.41, 5.74) is -0.327. The van der Waals surface area contributed by atoms with Crippen molar-refractivity contribution in [3.63, 3.8) is 0 Å². The molecule has 0 bridgehead atoms. The predicted octanol–water partition coefficient (Wildman–Crippen LogP) is 3.17. The normalized spacial score (nSPS) is 21.7. The fraction of sp³-hybridized carbons (Fsp3) is 0.941. The van der Waals surface area contributed by atoms with Gasteiger partial charge in [0.05, 0.1) is 6.07 Å². The van der Waals surface area contributed by atoms with E-state index in [-0.39, 0.29) is 5.54 Å². The Kier molecular flexibility index (Phi) is 5.86. The molecule has 0 aromatic rings. The number of unbranched alkanes of at least 4 members (excludes halogenated alkanes) is 1. The molecule has 3 nitrogen and oxygen atoms in total. The van der Waals surface area contributed by atoms with Crippen LogP contribution in [0.3, 0.4) is 0 Å². The van der Waals surface area contributed by atoms with E-state index in [1.165, 1.54) is 51.7 Å². The first-order chi connectivity index (χ1) is 9.65. The van der Waals surface area contributed by atoms with Crippen molar-refractivity contribution >= 4 is 0 Å². The van der Waals surface area contributed by atoms with Crippen LogP contribution in [0.5, 0.6) is 0 Å². The Morgan fingerprint density at radius 2 is 1.75 bits per heavy atom. The van der Waals surface area contributed by atoms with Gasteiger partial charge in [-0.1, -0.05) is 6.92 Å². The third-order valence-corrected chi connectivity index (χ3v) is 4.64. The van der Waals surface area contributed by atoms with Crippen molar-refractivity contribution < 1.29 is 0 Å². The van der Waals surface area contributed by atoms with Crippen LogP contribution in [0.25, 0.3) is 0 Å². The molecule has 0 aliphatic heterocycles. The molecule has 0 amide bonds. The molecule has 0 saturated heterocycles. The molecule has 0 heterocycles. The third kappa shape index (κ3) is 5.81. The zero-order chi connectivity index (χ0) is 14.4. The monoisotopic (exact) mass is 277 g/mol. The molecule has 1 N–H and O–H groups in total. The van der Waals surface area contributed by atoms with Crippen molar-refractivity contribution in [2.75, 3.05) is 26.2 Å². The Hall–Kier alpha value is -0.590. The smallest absolute Gasteiger partial charge is 0.103 e. The van der Waals surface area contributed by atoms with Crippen LogP contribution in [0.2, 0.25) is 0 Å². The maximum atomic E-state index is 9.26. The van der Waals surface area contributed by atoms with Crippen molar-refractivity contribution in [2.45, 2.75) is 64.3 Å². The number of nitrogens with zero attached hydrogens (tertiary/aromatic N) is 2. The molecule has 114 valence electrons. The standard InChI is InChI=1S/C17H31N3/c1-3-19-17(2,14-18)10-4-5-11-20(12-15-6-7-15)13-16-8-9-16/h15-16,19H,3-13H2,1-2H3. The van der Waals surface area contributed by atoms with Crippen LogP contribution >= 0.6 is 0 Å². The fourth-order valence-corrected chi connectivity index (χ4v) is 2.98. The molecule has 1 atom stereocenters. The van der Waals surface area contributed by atoms with Gasteiger partial charge >= 0.3 is 0 Å². The Morgan fingerprint density at radius 1 is 1.15 bits per heavy atom. The summed E-state index contributed by atoms with van der Waals surface area (Å²) in [6, 6.07) is 2.43. The van der Waals surface area contributed by atoms with Crippen LogP contribution in [0.4, 0.5) is 0 Å². The van der Waals surface area contributed by atoms with Crippen molar-refractivity contribution in [1.29, 1.82) is 5.26 Å². The van der Waals surface area contributed by atoms with E-state index < -0.39 is 0 Å². The van der Waals surface area contributed by atoms with Gasteiger partial charge in [-0.2, -0.15) is 5.26 Å². The van der Waals surface area contributed by atoms with Gasteiger partial charge < -0.3 is 4.90 Å². The van der Waals surface area contributed by atoms with Gasteiger partial charge in [0.25, 0.3) is 0 Å². The SMILES string of the molecule is CCNC(C)(C#N)CCCCN(CC1CC1)CC1CC1. The summed E-state index contributed by atoms with van der Waals surface area (Å²) in [5, 5.41) is 12.6. The lowest BCUT2D eigenvalue weighted by molar-refractivity contribution is 0.243. The number of hydrogen-bond acceptors (Lipinski definition) is 3. The first kappa shape index (κ1) is 15.8. The minimum absolute atomic E-state index is 0.327. The van der Waals surface area contributed by atoms with Crippen LogP contribution in [0.15, 0.2) is 0 Å². The quantitative estimate of drug-likeness (QED) is 0.590. The summed E-state index contributed by atoms with van der Waals surface area (Å²) in [7, 11) is 0. The highest BCUT2D eigenvalue weighted by Crippen LogP contribution is 2.33. The van der Waals surface area contributed by atoms with Crippen LogP contribution < -0.4 is 5.32 Å². The molecule has 20 heavy (non-hydrogen) atoms. The summed E-state index contributed by atoms with van der Waals surface area (Å²) in [5.74, 6) is 2.00. The summed E-state index contributed by atoms with van der Waals surface area (Å²) >= 11 is 0. The predicted molar refractivity (Wildman–Crippen MR) is 83.4 cm³/mol. The van der Waals surface area contributed by atoms with Gasteiger partial charge in [-0.05, 0) is 76.8 Å². The van der Waals surface area contributed by atoms with E-state index in [2.05, 4.69) is 23.2 Å². The van der Waals surface area contributed by atoms with E-state index in [1.807, 2.05) is 6.92 Å².